The van der Waals surface area contributed by atoms with Crippen LogP contribution in [0, 0.1) is 6.92 Å². The molecule has 2 aromatic carbocycles. The predicted octanol–water partition coefficient (Wildman–Crippen LogP) is 3.84. The van der Waals surface area contributed by atoms with Gasteiger partial charge >= 0.3 is 0 Å². The fraction of sp³-hybridized carbons (Fsp3) is 0.136. The van der Waals surface area contributed by atoms with Gasteiger partial charge in [0.1, 0.15) is 5.69 Å². The number of para-hydroxylation sites is 1. The number of nitrogens with one attached hydrogen (secondary N) is 1. The van der Waals surface area contributed by atoms with E-state index < -0.39 is 0 Å². The number of benzene rings is 2. The van der Waals surface area contributed by atoms with Crippen molar-refractivity contribution in [2.45, 2.75) is 13.5 Å². The number of hydrogen-bond acceptors (Lipinski definition) is 3. The van der Waals surface area contributed by atoms with E-state index in [2.05, 4.69) is 10.2 Å². The van der Waals surface area contributed by atoms with Gasteiger partial charge in [0, 0.05) is 36.6 Å². The third-order valence-corrected chi connectivity index (χ3v) is 4.54. The Balaban J connectivity index is 1.68. The van der Waals surface area contributed by atoms with E-state index in [9.17, 15) is 4.79 Å². The van der Waals surface area contributed by atoms with Gasteiger partial charge in [-0.25, -0.2) is 4.68 Å². The molecule has 0 fully saturated rings. The largest absolute Gasteiger partial charge is 0.336 e. The van der Waals surface area contributed by atoms with Crippen molar-refractivity contribution in [2.75, 3.05) is 7.05 Å². The number of hydrogen-bond donors (Lipinski definition) is 1. The molecule has 1 amide bonds. The van der Waals surface area contributed by atoms with Crippen LogP contribution in [0.1, 0.15) is 21.7 Å². The summed E-state index contributed by atoms with van der Waals surface area (Å²) in [6.07, 6.45) is 1.98. The van der Waals surface area contributed by atoms with Gasteiger partial charge in [0.25, 0.3) is 5.91 Å². The lowest BCUT2D eigenvalue weighted by Gasteiger charge is -2.15. The van der Waals surface area contributed by atoms with Crippen LogP contribution in [0.3, 0.4) is 0 Å². The minimum atomic E-state index is -0.129. The quantitative estimate of drug-likeness (QED) is 0.580. The van der Waals surface area contributed by atoms with Crippen LogP contribution in [-0.2, 0) is 6.54 Å². The first-order valence-electron chi connectivity index (χ1n) is 9.08. The zero-order valence-corrected chi connectivity index (χ0v) is 15.8. The van der Waals surface area contributed by atoms with Gasteiger partial charge in [-0.05, 0) is 25.1 Å². The Kier molecular flexibility index (Phi) is 4.76. The van der Waals surface area contributed by atoms with Crippen molar-refractivity contribution in [1.82, 2.24) is 24.9 Å². The number of aromatic amines is 1. The van der Waals surface area contributed by atoms with Crippen LogP contribution in [-0.4, -0.2) is 37.8 Å². The Bertz CT molecular complexity index is 1080. The number of aromatic nitrogens is 4. The molecule has 28 heavy (non-hydrogen) atoms. The predicted molar refractivity (Wildman–Crippen MR) is 108 cm³/mol. The highest BCUT2D eigenvalue weighted by molar-refractivity contribution is 5.92. The second-order valence-electron chi connectivity index (χ2n) is 6.75. The maximum absolute atomic E-state index is 12.7. The summed E-state index contributed by atoms with van der Waals surface area (Å²) in [5.41, 5.74) is 5.10. The molecule has 2 heterocycles. The molecule has 6 heteroatoms. The molecule has 0 spiro atoms. The summed E-state index contributed by atoms with van der Waals surface area (Å²) in [5.74, 6) is -0.129. The fourth-order valence-electron chi connectivity index (χ4n) is 3.13. The van der Waals surface area contributed by atoms with E-state index >= 15 is 0 Å². The molecule has 0 saturated carbocycles. The van der Waals surface area contributed by atoms with Crippen LogP contribution in [0.5, 0.6) is 0 Å². The molecule has 1 N–H and O–H groups in total. The van der Waals surface area contributed by atoms with Gasteiger partial charge < -0.3 is 4.90 Å². The van der Waals surface area contributed by atoms with Crippen LogP contribution >= 0.6 is 0 Å². The molecule has 140 valence electrons. The first-order chi connectivity index (χ1) is 13.6. The van der Waals surface area contributed by atoms with E-state index in [-0.39, 0.29) is 5.91 Å². The molecule has 4 aromatic rings. The molecular formula is C22H21N5O. The van der Waals surface area contributed by atoms with Crippen molar-refractivity contribution in [2.24, 2.45) is 0 Å². The van der Waals surface area contributed by atoms with Gasteiger partial charge in [0.2, 0.25) is 0 Å². The minimum absolute atomic E-state index is 0.129. The zero-order valence-electron chi connectivity index (χ0n) is 15.8. The average molecular weight is 371 g/mol. The number of amides is 1. The normalized spacial score (nSPS) is 10.8. The number of nitrogens with zero attached hydrogens (tertiary/aromatic N) is 4. The van der Waals surface area contributed by atoms with Gasteiger partial charge in [-0.15, -0.1) is 0 Å². The third-order valence-electron chi connectivity index (χ3n) is 4.54. The van der Waals surface area contributed by atoms with Gasteiger partial charge in [0.15, 0.2) is 0 Å². The second-order valence-corrected chi connectivity index (χ2v) is 6.75. The summed E-state index contributed by atoms with van der Waals surface area (Å²) < 4.78 is 1.86. The van der Waals surface area contributed by atoms with E-state index in [0.29, 0.717) is 12.2 Å². The first kappa shape index (κ1) is 17.7. The lowest BCUT2D eigenvalue weighted by Crippen LogP contribution is -2.26. The number of carbonyl (C=O) groups is 1. The molecule has 0 saturated heterocycles. The third kappa shape index (κ3) is 3.57. The molecule has 0 bridgehead atoms. The van der Waals surface area contributed by atoms with Gasteiger partial charge in [0.05, 0.1) is 11.4 Å². The van der Waals surface area contributed by atoms with E-state index in [4.69, 9.17) is 5.10 Å². The molecule has 0 radical (unpaired) electrons. The Hall–Kier alpha value is -3.67. The highest BCUT2D eigenvalue weighted by atomic mass is 16.2. The average Bonchev–Trinajstić information content (AvgIpc) is 3.35. The monoisotopic (exact) mass is 371 g/mol. The number of rotatable bonds is 5. The van der Waals surface area contributed by atoms with E-state index in [1.807, 2.05) is 78.5 Å². The van der Waals surface area contributed by atoms with Crippen molar-refractivity contribution in [3.8, 4) is 16.9 Å². The minimum Gasteiger partial charge on any atom is -0.336 e. The molecule has 4 rings (SSSR count). The number of carbonyl (C=O) groups excluding carboxylic acids is 1. The number of H-pyrrole nitrogens is 1. The lowest BCUT2D eigenvalue weighted by molar-refractivity contribution is 0.0779. The van der Waals surface area contributed by atoms with Crippen LogP contribution in [0.25, 0.3) is 16.9 Å². The van der Waals surface area contributed by atoms with Crippen LogP contribution in [0.15, 0.2) is 72.9 Å². The molecule has 0 aliphatic carbocycles. The van der Waals surface area contributed by atoms with E-state index in [1.165, 1.54) is 0 Å². The lowest BCUT2D eigenvalue weighted by atomic mass is 10.1. The van der Waals surface area contributed by atoms with Gasteiger partial charge in [-0.1, -0.05) is 48.5 Å². The highest BCUT2D eigenvalue weighted by Crippen LogP contribution is 2.25. The van der Waals surface area contributed by atoms with Crippen LogP contribution in [0.2, 0.25) is 0 Å². The first-order valence-corrected chi connectivity index (χ1v) is 9.08. The molecule has 0 aliphatic heterocycles. The summed E-state index contributed by atoms with van der Waals surface area (Å²) >= 11 is 0. The van der Waals surface area contributed by atoms with E-state index in [1.54, 1.807) is 18.0 Å². The van der Waals surface area contributed by atoms with Crippen molar-refractivity contribution >= 4 is 5.91 Å². The Labute approximate surface area is 163 Å². The fourth-order valence-corrected chi connectivity index (χ4v) is 3.13. The molecule has 0 unspecified atom stereocenters. The molecular weight excluding hydrogens is 350 g/mol. The van der Waals surface area contributed by atoms with Crippen molar-refractivity contribution < 1.29 is 4.79 Å². The summed E-state index contributed by atoms with van der Waals surface area (Å²) in [6.45, 7) is 2.31. The van der Waals surface area contributed by atoms with Crippen molar-refractivity contribution in [1.29, 1.82) is 0 Å². The summed E-state index contributed by atoms with van der Waals surface area (Å²) in [6, 6.07) is 21.7. The second kappa shape index (κ2) is 7.52. The Morgan fingerprint density at radius 3 is 2.39 bits per heavy atom. The van der Waals surface area contributed by atoms with Crippen molar-refractivity contribution in [3.63, 3.8) is 0 Å². The summed E-state index contributed by atoms with van der Waals surface area (Å²) in [5, 5.41) is 11.7. The van der Waals surface area contributed by atoms with Crippen LogP contribution in [0.4, 0.5) is 0 Å². The zero-order chi connectivity index (χ0) is 19.5. The van der Waals surface area contributed by atoms with E-state index in [0.717, 1.165) is 28.2 Å². The summed E-state index contributed by atoms with van der Waals surface area (Å²) in [7, 11) is 1.78. The SMILES string of the molecule is Cc1cc(C(=O)N(C)Cc2cn(-c3ccccc3)nc2-c2ccccc2)n[nH]1. The van der Waals surface area contributed by atoms with Crippen molar-refractivity contribution in [3.05, 3.63) is 89.9 Å². The van der Waals surface area contributed by atoms with Crippen LogP contribution < -0.4 is 0 Å². The smallest absolute Gasteiger partial charge is 0.274 e. The molecule has 0 aliphatic rings. The molecule has 2 aromatic heterocycles. The number of aryl methyl sites for hydroxylation is 1. The Morgan fingerprint density at radius 2 is 1.75 bits per heavy atom. The van der Waals surface area contributed by atoms with Gasteiger partial charge in [-0.3, -0.25) is 9.89 Å². The standard InChI is InChI=1S/C22H21N5O/c1-16-13-20(24-23-16)22(28)26(2)14-18-15-27(19-11-7-4-8-12-19)25-21(18)17-9-5-3-6-10-17/h3-13,15H,14H2,1-2H3,(H,23,24). The Morgan fingerprint density at radius 1 is 1.07 bits per heavy atom. The van der Waals surface area contributed by atoms with Gasteiger partial charge in [-0.2, -0.15) is 10.2 Å². The molecule has 6 nitrogen and oxygen atoms in total. The summed E-state index contributed by atoms with van der Waals surface area (Å²) in [4.78, 5) is 14.4. The maximum atomic E-state index is 12.7. The molecule has 0 atom stereocenters. The maximum Gasteiger partial charge on any atom is 0.274 e. The highest BCUT2D eigenvalue weighted by Gasteiger charge is 2.19. The topological polar surface area (TPSA) is 66.8 Å².